The third kappa shape index (κ3) is 2.11. The Morgan fingerprint density at radius 1 is 1.00 bits per heavy atom. The summed E-state index contributed by atoms with van der Waals surface area (Å²) in [6.07, 6.45) is -0.496. The molecule has 19 heavy (non-hydrogen) atoms. The summed E-state index contributed by atoms with van der Waals surface area (Å²) in [4.78, 5) is 0. The Morgan fingerprint density at radius 3 is 2.05 bits per heavy atom. The highest BCUT2D eigenvalue weighted by atomic mass is 16.5. The predicted octanol–water partition coefficient (Wildman–Crippen LogP) is 2.80. The van der Waals surface area contributed by atoms with Gasteiger partial charge in [-0.25, -0.2) is 0 Å². The molecule has 1 heterocycles. The van der Waals surface area contributed by atoms with Crippen LogP contribution in [0.2, 0.25) is 0 Å². The maximum atomic E-state index is 9.99. The van der Waals surface area contributed by atoms with Crippen LogP contribution in [-0.4, -0.2) is 29.5 Å². The molecule has 1 N–H and O–H groups in total. The van der Waals surface area contributed by atoms with Crippen LogP contribution in [0.5, 0.6) is 0 Å². The second kappa shape index (κ2) is 5.03. The molecule has 0 radical (unpaired) electrons. The van der Waals surface area contributed by atoms with Crippen molar-refractivity contribution in [2.75, 3.05) is 13.7 Å². The smallest absolute Gasteiger partial charge is 0.0952 e. The quantitative estimate of drug-likeness (QED) is 0.778. The van der Waals surface area contributed by atoms with E-state index >= 15 is 0 Å². The van der Waals surface area contributed by atoms with Crippen molar-refractivity contribution < 1.29 is 9.84 Å². The molecular weight excluding hydrogens is 238 g/mol. The van der Waals surface area contributed by atoms with Crippen molar-refractivity contribution in [3.8, 4) is 0 Å². The van der Waals surface area contributed by atoms with Crippen molar-refractivity contribution in [3.05, 3.63) is 48.5 Å². The first-order valence-electron chi connectivity index (χ1n) is 6.44. The first-order chi connectivity index (χ1) is 9.31. The molecular formula is C16H17NO2. The third-order valence-corrected chi connectivity index (χ3v) is 3.43. The fourth-order valence-corrected chi connectivity index (χ4v) is 2.66. The maximum Gasteiger partial charge on any atom is 0.0952 e. The van der Waals surface area contributed by atoms with Crippen molar-refractivity contribution in [2.45, 2.75) is 12.6 Å². The second-order valence-corrected chi connectivity index (χ2v) is 4.75. The minimum atomic E-state index is -0.496. The number of hydrogen-bond donors (Lipinski definition) is 1. The molecule has 0 amide bonds. The van der Waals surface area contributed by atoms with Crippen molar-refractivity contribution in [3.63, 3.8) is 0 Å². The van der Waals surface area contributed by atoms with Gasteiger partial charge < -0.3 is 14.4 Å². The summed E-state index contributed by atoms with van der Waals surface area (Å²) < 4.78 is 7.17. The number of benzene rings is 2. The molecule has 0 saturated heterocycles. The van der Waals surface area contributed by atoms with Crippen molar-refractivity contribution in [1.29, 1.82) is 0 Å². The zero-order valence-electron chi connectivity index (χ0n) is 10.9. The van der Waals surface area contributed by atoms with Crippen molar-refractivity contribution in [2.24, 2.45) is 0 Å². The average Bonchev–Trinajstić information content (AvgIpc) is 2.75. The summed E-state index contributed by atoms with van der Waals surface area (Å²) in [5, 5.41) is 12.4. The van der Waals surface area contributed by atoms with Gasteiger partial charge in [0.2, 0.25) is 0 Å². The molecule has 0 unspecified atom stereocenters. The number of aliphatic hydroxyl groups is 1. The van der Waals surface area contributed by atoms with Gasteiger partial charge in [-0.3, -0.25) is 0 Å². The van der Waals surface area contributed by atoms with Crippen LogP contribution in [-0.2, 0) is 11.3 Å². The Balaban J connectivity index is 2.19. The van der Waals surface area contributed by atoms with Crippen LogP contribution in [0.4, 0.5) is 0 Å². The molecule has 98 valence electrons. The number of fused-ring (bicyclic) bond motifs is 3. The molecule has 0 spiro atoms. The zero-order valence-corrected chi connectivity index (χ0v) is 10.9. The molecule has 0 aliphatic heterocycles. The van der Waals surface area contributed by atoms with E-state index in [1.54, 1.807) is 7.11 Å². The number of hydrogen-bond acceptors (Lipinski definition) is 2. The molecule has 0 fully saturated rings. The SMILES string of the molecule is COC[C@H](O)Cn1c2ccccc2c2ccccc21. The van der Waals surface area contributed by atoms with Crippen molar-refractivity contribution >= 4 is 21.8 Å². The summed E-state index contributed by atoms with van der Waals surface area (Å²) in [5.74, 6) is 0. The number of para-hydroxylation sites is 2. The fraction of sp³-hybridized carbons (Fsp3) is 0.250. The first kappa shape index (κ1) is 12.2. The van der Waals surface area contributed by atoms with Gasteiger partial charge >= 0.3 is 0 Å². The summed E-state index contributed by atoms with van der Waals surface area (Å²) in [6.45, 7) is 0.892. The third-order valence-electron chi connectivity index (χ3n) is 3.43. The van der Waals surface area contributed by atoms with Gasteiger partial charge in [-0.15, -0.1) is 0 Å². The minimum absolute atomic E-state index is 0.348. The van der Waals surface area contributed by atoms with Gasteiger partial charge in [0.05, 0.1) is 19.3 Å². The summed E-state index contributed by atoms with van der Waals surface area (Å²) in [5.41, 5.74) is 2.30. The lowest BCUT2D eigenvalue weighted by molar-refractivity contribution is 0.0551. The lowest BCUT2D eigenvalue weighted by Crippen LogP contribution is -2.20. The highest BCUT2D eigenvalue weighted by molar-refractivity contribution is 6.07. The van der Waals surface area contributed by atoms with Crippen LogP contribution in [0, 0.1) is 0 Å². The van der Waals surface area contributed by atoms with Crippen LogP contribution < -0.4 is 0 Å². The molecule has 1 atom stereocenters. The van der Waals surface area contributed by atoms with E-state index in [1.165, 1.54) is 10.8 Å². The number of methoxy groups -OCH3 is 1. The van der Waals surface area contributed by atoms with Crippen LogP contribution >= 0.6 is 0 Å². The van der Waals surface area contributed by atoms with Gasteiger partial charge in [0.25, 0.3) is 0 Å². The Labute approximate surface area is 112 Å². The number of nitrogens with zero attached hydrogens (tertiary/aromatic N) is 1. The van der Waals surface area contributed by atoms with E-state index in [1.807, 2.05) is 24.3 Å². The molecule has 0 bridgehead atoms. The van der Waals surface area contributed by atoms with Gasteiger partial charge in [0, 0.05) is 28.9 Å². The van der Waals surface area contributed by atoms with E-state index in [4.69, 9.17) is 4.74 Å². The molecule has 3 nitrogen and oxygen atoms in total. The molecule has 0 aliphatic rings. The van der Waals surface area contributed by atoms with Crippen LogP contribution in [0.3, 0.4) is 0 Å². The molecule has 1 aromatic heterocycles. The van der Waals surface area contributed by atoms with Crippen LogP contribution in [0.25, 0.3) is 21.8 Å². The lowest BCUT2D eigenvalue weighted by atomic mass is 10.2. The lowest BCUT2D eigenvalue weighted by Gasteiger charge is -2.12. The standard InChI is InChI=1S/C16H17NO2/c1-19-11-12(18)10-17-15-8-4-2-6-13(15)14-7-3-5-9-16(14)17/h2-9,12,18H,10-11H2,1H3/t12-/m1/s1. The summed E-state index contributed by atoms with van der Waals surface area (Å²) in [6, 6.07) is 16.6. The Morgan fingerprint density at radius 2 is 1.53 bits per heavy atom. The Hall–Kier alpha value is -1.84. The van der Waals surface area contributed by atoms with Crippen LogP contribution in [0.15, 0.2) is 48.5 Å². The summed E-state index contributed by atoms with van der Waals surface area (Å²) >= 11 is 0. The number of aliphatic hydroxyl groups excluding tert-OH is 1. The van der Waals surface area contributed by atoms with Crippen molar-refractivity contribution in [1.82, 2.24) is 4.57 Å². The van der Waals surface area contributed by atoms with E-state index < -0.39 is 6.10 Å². The van der Waals surface area contributed by atoms with E-state index in [0.717, 1.165) is 11.0 Å². The Bertz CT molecular complexity index is 649. The average molecular weight is 255 g/mol. The summed E-state index contributed by atoms with van der Waals surface area (Å²) in [7, 11) is 1.61. The number of ether oxygens (including phenoxy) is 1. The highest BCUT2D eigenvalue weighted by Gasteiger charge is 2.12. The predicted molar refractivity (Wildman–Crippen MR) is 77.3 cm³/mol. The van der Waals surface area contributed by atoms with E-state index in [0.29, 0.717) is 13.2 Å². The highest BCUT2D eigenvalue weighted by Crippen LogP contribution is 2.28. The minimum Gasteiger partial charge on any atom is -0.389 e. The van der Waals surface area contributed by atoms with E-state index in [9.17, 15) is 5.11 Å². The Kier molecular flexibility index (Phi) is 3.23. The number of rotatable bonds is 4. The van der Waals surface area contributed by atoms with E-state index in [2.05, 4.69) is 28.8 Å². The van der Waals surface area contributed by atoms with Gasteiger partial charge in [0.15, 0.2) is 0 Å². The maximum absolute atomic E-state index is 9.99. The van der Waals surface area contributed by atoms with Gasteiger partial charge in [0.1, 0.15) is 0 Å². The van der Waals surface area contributed by atoms with Gasteiger partial charge in [-0.05, 0) is 12.1 Å². The van der Waals surface area contributed by atoms with Gasteiger partial charge in [-0.2, -0.15) is 0 Å². The normalized spacial score (nSPS) is 13.2. The molecule has 3 aromatic rings. The van der Waals surface area contributed by atoms with Gasteiger partial charge in [-0.1, -0.05) is 36.4 Å². The number of aromatic nitrogens is 1. The molecule has 3 heteroatoms. The molecule has 2 aromatic carbocycles. The topological polar surface area (TPSA) is 34.4 Å². The molecule has 3 rings (SSSR count). The second-order valence-electron chi connectivity index (χ2n) is 4.75. The van der Waals surface area contributed by atoms with Crippen LogP contribution in [0.1, 0.15) is 0 Å². The largest absolute Gasteiger partial charge is 0.389 e. The zero-order chi connectivity index (χ0) is 13.2. The molecule has 0 aliphatic carbocycles. The fourth-order valence-electron chi connectivity index (χ4n) is 2.66. The monoisotopic (exact) mass is 255 g/mol. The molecule has 0 saturated carbocycles. The van der Waals surface area contributed by atoms with E-state index in [-0.39, 0.29) is 0 Å². The first-order valence-corrected chi connectivity index (χ1v) is 6.44.